The molecule has 3 amide bonds. The van der Waals surface area contributed by atoms with Gasteiger partial charge in [-0.25, -0.2) is 9.59 Å². The van der Waals surface area contributed by atoms with Gasteiger partial charge >= 0.3 is 12.0 Å². The van der Waals surface area contributed by atoms with E-state index in [1.807, 2.05) is 0 Å². The molecule has 7 heteroatoms. The highest BCUT2D eigenvalue weighted by molar-refractivity contribution is 5.82. The number of hydrogen-bond donors (Lipinski definition) is 4. The first kappa shape index (κ1) is 14.8. The molecular weight excluding hydrogens is 226 g/mol. The van der Waals surface area contributed by atoms with Crippen LogP contribution >= 0.6 is 0 Å². The second kappa shape index (κ2) is 7.98. The van der Waals surface area contributed by atoms with Gasteiger partial charge in [-0.15, -0.1) is 12.3 Å². The summed E-state index contributed by atoms with van der Waals surface area (Å²) < 4.78 is 0. The number of rotatable bonds is 7. The Morgan fingerprint density at radius 3 is 2.53 bits per heavy atom. The van der Waals surface area contributed by atoms with Crippen molar-refractivity contribution in [3.05, 3.63) is 0 Å². The fraction of sp³-hybridized carbons (Fsp3) is 0.500. The lowest BCUT2D eigenvalue weighted by Gasteiger charge is -2.12. The van der Waals surface area contributed by atoms with Crippen LogP contribution in [0, 0.1) is 12.3 Å². The molecule has 0 aromatic carbocycles. The van der Waals surface area contributed by atoms with Gasteiger partial charge in [-0.05, 0) is 6.42 Å². The molecule has 0 heterocycles. The van der Waals surface area contributed by atoms with Crippen LogP contribution in [0.2, 0.25) is 0 Å². The summed E-state index contributed by atoms with van der Waals surface area (Å²) >= 11 is 0. The summed E-state index contributed by atoms with van der Waals surface area (Å²) in [6.07, 6.45) is 5.43. The highest BCUT2D eigenvalue weighted by Crippen LogP contribution is 1.91. The normalized spacial score (nSPS) is 11.0. The number of carbonyl (C=O) groups is 3. The lowest BCUT2D eigenvalue weighted by molar-refractivity contribution is -0.139. The monoisotopic (exact) mass is 241 g/mol. The third-order valence-electron chi connectivity index (χ3n) is 1.81. The van der Waals surface area contributed by atoms with Gasteiger partial charge in [-0.1, -0.05) is 0 Å². The second-order valence-corrected chi connectivity index (χ2v) is 3.27. The van der Waals surface area contributed by atoms with E-state index in [9.17, 15) is 14.4 Å². The quantitative estimate of drug-likeness (QED) is 0.338. The summed E-state index contributed by atoms with van der Waals surface area (Å²) in [6.45, 7) is 0.233. The number of amides is 3. The van der Waals surface area contributed by atoms with E-state index in [-0.39, 0.29) is 19.4 Å². The van der Waals surface area contributed by atoms with Crippen molar-refractivity contribution < 1.29 is 19.5 Å². The van der Waals surface area contributed by atoms with E-state index < -0.39 is 23.9 Å². The first-order valence-electron chi connectivity index (χ1n) is 4.96. The van der Waals surface area contributed by atoms with Gasteiger partial charge in [-0.3, -0.25) is 4.79 Å². The van der Waals surface area contributed by atoms with Crippen LogP contribution in [0.4, 0.5) is 4.79 Å². The van der Waals surface area contributed by atoms with Crippen LogP contribution in [0.5, 0.6) is 0 Å². The van der Waals surface area contributed by atoms with Gasteiger partial charge < -0.3 is 21.5 Å². The zero-order chi connectivity index (χ0) is 13.3. The molecule has 0 rings (SSSR count). The molecule has 0 saturated heterocycles. The molecule has 0 aromatic rings. The fourth-order valence-electron chi connectivity index (χ4n) is 0.992. The molecule has 0 fully saturated rings. The average molecular weight is 241 g/mol. The van der Waals surface area contributed by atoms with Gasteiger partial charge in [0.15, 0.2) is 0 Å². The number of primary amides is 1. The standard InChI is InChI=1S/C10H15N3O4/c1-2-4-7(9(15)16)13-10(17)12-6-3-5-8(11)14/h1,7H,3-6H2,(H2,11,14)(H,15,16)(H2,12,13,17). The van der Waals surface area contributed by atoms with Crippen molar-refractivity contribution in [2.75, 3.05) is 6.54 Å². The molecule has 1 atom stereocenters. The highest BCUT2D eigenvalue weighted by Gasteiger charge is 2.18. The number of nitrogens with two attached hydrogens (primary N) is 1. The van der Waals surface area contributed by atoms with Crippen LogP contribution in [0.15, 0.2) is 0 Å². The van der Waals surface area contributed by atoms with E-state index in [4.69, 9.17) is 17.3 Å². The summed E-state index contributed by atoms with van der Waals surface area (Å²) in [5.41, 5.74) is 4.90. The van der Waals surface area contributed by atoms with Crippen molar-refractivity contribution in [1.82, 2.24) is 10.6 Å². The van der Waals surface area contributed by atoms with E-state index in [1.54, 1.807) is 0 Å². The Morgan fingerprint density at radius 1 is 1.41 bits per heavy atom. The summed E-state index contributed by atoms with van der Waals surface area (Å²) in [7, 11) is 0. The van der Waals surface area contributed by atoms with Crippen LogP contribution in [0.25, 0.3) is 0 Å². The minimum Gasteiger partial charge on any atom is -0.480 e. The molecule has 1 unspecified atom stereocenters. The largest absolute Gasteiger partial charge is 0.480 e. The van der Waals surface area contributed by atoms with E-state index in [0.717, 1.165) is 0 Å². The summed E-state index contributed by atoms with van der Waals surface area (Å²) in [5.74, 6) is 0.498. The van der Waals surface area contributed by atoms with Gasteiger partial charge in [-0.2, -0.15) is 0 Å². The van der Waals surface area contributed by atoms with Crippen LogP contribution < -0.4 is 16.4 Å². The zero-order valence-electron chi connectivity index (χ0n) is 9.23. The number of urea groups is 1. The molecule has 0 aromatic heterocycles. The van der Waals surface area contributed by atoms with Gasteiger partial charge in [0.1, 0.15) is 6.04 Å². The average Bonchev–Trinajstić information content (AvgIpc) is 2.23. The van der Waals surface area contributed by atoms with Crippen molar-refractivity contribution in [3.63, 3.8) is 0 Å². The lowest BCUT2D eigenvalue weighted by Crippen LogP contribution is -2.46. The SMILES string of the molecule is C#CCC(NC(=O)NCCCC(N)=O)C(=O)O. The van der Waals surface area contributed by atoms with Crippen LogP contribution in [-0.2, 0) is 9.59 Å². The molecule has 0 aliphatic rings. The molecule has 0 aliphatic heterocycles. The molecule has 0 saturated carbocycles. The Kier molecular flexibility index (Phi) is 6.94. The van der Waals surface area contributed by atoms with Crippen molar-refractivity contribution in [2.45, 2.75) is 25.3 Å². The number of nitrogens with one attached hydrogen (secondary N) is 2. The zero-order valence-corrected chi connectivity index (χ0v) is 9.23. The molecule has 94 valence electrons. The molecule has 0 radical (unpaired) electrons. The summed E-state index contributed by atoms with van der Waals surface area (Å²) in [6, 6.07) is -1.76. The maximum Gasteiger partial charge on any atom is 0.327 e. The van der Waals surface area contributed by atoms with Crippen LogP contribution in [-0.4, -0.2) is 35.6 Å². The van der Waals surface area contributed by atoms with Gasteiger partial charge in [0.05, 0.1) is 0 Å². The maximum absolute atomic E-state index is 11.2. The number of hydrogen-bond acceptors (Lipinski definition) is 3. The third kappa shape index (κ3) is 7.67. The lowest BCUT2D eigenvalue weighted by atomic mass is 10.2. The van der Waals surface area contributed by atoms with Crippen LogP contribution in [0.3, 0.4) is 0 Å². The van der Waals surface area contributed by atoms with E-state index in [0.29, 0.717) is 6.42 Å². The molecule has 5 N–H and O–H groups in total. The first-order chi connectivity index (χ1) is 7.97. The third-order valence-corrected chi connectivity index (χ3v) is 1.81. The predicted octanol–water partition coefficient (Wildman–Crippen LogP) is -0.972. The number of carboxylic acid groups (broad SMARTS) is 1. The second-order valence-electron chi connectivity index (χ2n) is 3.27. The van der Waals surface area contributed by atoms with Gasteiger partial charge in [0.2, 0.25) is 5.91 Å². The van der Waals surface area contributed by atoms with E-state index in [1.165, 1.54) is 0 Å². The number of terminal acetylenes is 1. The highest BCUT2D eigenvalue weighted by atomic mass is 16.4. The van der Waals surface area contributed by atoms with Crippen LogP contribution in [0.1, 0.15) is 19.3 Å². The number of aliphatic carboxylic acids is 1. The van der Waals surface area contributed by atoms with E-state index in [2.05, 4.69) is 16.6 Å². The topological polar surface area (TPSA) is 122 Å². The van der Waals surface area contributed by atoms with Crippen molar-refractivity contribution in [3.8, 4) is 12.3 Å². The Labute approximate surface area is 98.7 Å². The summed E-state index contributed by atoms with van der Waals surface area (Å²) in [5, 5.41) is 13.3. The Bertz CT molecular complexity index is 335. The Morgan fingerprint density at radius 2 is 2.06 bits per heavy atom. The molecule has 0 bridgehead atoms. The van der Waals surface area contributed by atoms with Crippen molar-refractivity contribution in [1.29, 1.82) is 0 Å². The molecule has 17 heavy (non-hydrogen) atoms. The molecular formula is C10H15N3O4. The molecule has 0 aliphatic carbocycles. The predicted molar refractivity (Wildman–Crippen MR) is 59.8 cm³/mol. The number of carboxylic acids is 1. The van der Waals surface area contributed by atoms with Gasteiger partial charge in [0, 0.05) is 19.4 Å². The van der Waals surface area contributed by atoms with Crippen molar-refractivity contribution in [2.24, 2.45) is 5.73 Å². The number of carbonyl (C=O) groups excluding carboxylic acids is 2. The van der Waals surface area contributed by atoms with Gasteiger partial charge in [0.25, 0.3) is 0 Å². The molecule has 0 spiro atoms. The maximum atomic E-state index is 11.2. The Balaban J connectivity index is 3.87. The first-order valence-corrected chi connectivity index (χ1v) is 4.96. The molecule has 7 nitrogen and oxygen atoms in total. The summed E-state index contributed by atoms with van der Waals surface area (Å²) in [4.78, 5) is 32.2. The van der Waals surface area contributed by atoms with E-state index >= 15 is 0 Å². The van der Waals surface area contributed by atoms with Crippen molar-refractivity contribution >= 4 is 17.9 Å². The smallest absolute Gasteiger partial charge is 0.327 e. The minimum atomic E-state index is -1.20. The fourth-order valence-corrected chi connectivity index (χ4v) is 0.992. The Hall–Kier alpha value is -2.23. The minimum absolute atomic E-state index is 0.0932.